The number of amidine groups is 1. The van der Waals surface area contributed by atoms with Crippen LogP contribution < -0.4 is 10.6 Å². The van der Waals surface area contributed by atoms with Crippen molar-refractivity contribution in [2.45, 2.75) is 12.3 Å². The van der Waals surface area contributed by atoms with Crippen LogP contribution in [0.4, 0.5) is 0 Å². The van der Waals surface area contributed by atoms with Gasteiger partial charge in [-0.15, -0.1) is 0 Å². The van der Waals surface area contributed by atoms with Gasteiger partial charge in [0.2, 0.25) is 0 Å². The van der Waals surface area contributed by atoms with Gasteiger partial charge in [0.25, 0.3) is 0 Å². The van der Waals surface area contributed by atoms with E-state index in [9.17, 15) is 0 Å². The second-order valence-corrected chi connectivity index (χ2v) is 11.2. The van der Waals surface area contributed by atoms with E-state index in [0.717, 1.165) is 77.5 Å². The highest BCUT2D eigenvalue weighted by atomic mass is 16.3. The second kappa shape index (κ2) is 9.97. The van der Waals surface area contributed by atoms with Crippen LogP contribution in [0.25, 0.3) is 55.0 Å². The lowest BCUT2D eigenvalue weighted by Crippen LogP contribution is -2.45. The minimum Gasteiger partial charge on any atom is -0.456 e. The van der Waals surface area contributed by atoms with Crippen molar-refractivity contribution in [2.75, 3.05) is 0 Å². The van der Waals surface area contributed by atoms with Gasteiger partial charge in [0.1, 0.15) is 40.5 Å². The molecule has 0 bridgehead atoms. The highest BCUT2D eigenvalue weighted by molar-refractivity contribution is 6.13. The zero-order chi connectivity index (χ0) is 29.0. The summed E-state index contributed by atoms with van der Waals surface area (Å²) in [6.45, 7) is 0. The molecule has 9 rings (SSSR count). The quantitative estimate of drug-likeness (QED) is 0.222. The Kier molecular flexibility index (Phi) is 5.64. The number of para-hydroxylation sites is 2. The van der Waals surface area contributed by atoms with Gasteiger partial charge in [0.05, 0.1) is 0 Å². The fourth-order valence-corrected chi connectivity index (χ4v) is 6.48. The third-order valence-corrected chi connectivity index (χ3v) is 8.58. The van der Waals surface area contributed by atoms with E-state index in [-0.39, 0.29) is 12.3 Å². The Morgan fingerprint density at radius 3 is 2.05 bits per heavy atom. The van der Waals surface area contributed by atoms with Crippen molar-refractivity contribution >= 4 is 49.7 Å². The molecule has 0 aliphatic carbocycles. The van der Waals surface area contributed by atoms with Crippen LogP contribution in [0, 0.1) is 0 Å². The van der Waals surface area contributed by atoms with E-state index < -0.39 is 0 Å². The lowest BCUT2D eigenvalue weighted by atomic mass is 9.95. The Morgan fingerprint density at radius 1 is 0.545 bits per heavy atom. The average molecular weight is 570 g/mol. The summed E-state index contributed by atoms with van der Waals surface area (Å²) in [5, 5.41) is 11.9. The van der Waals surface area contributed by atoms with Gasteiger partial charge < -0.3 is 14.2 Å². The van der Waals surface area contributed by atoms with E-state index in [4.69, 9.17) is 13.8 Å². The lowest BCUT2D eigenvalue weighted by molar-refractivity contribution is 0.411. The van der Waals surface area contributed by atoms with Crippen LogP contribution in [0.3, 0.4) is 0 Å². The minimum atomic E-state index is -0.220. The van der Waals surface area contributed by atoms with Crippen molar-refractivity contribution < 1.29 is 8.83 Å². The number of hydrogen-bond acceptors (Lipinski definition) is 5. The molecule has 5 nitrogen and oxygen atoms in total. The third kappa shape index (κ3) is 4.02. The fourth-order valence-electron chi connectivity index (χ4n) is 6.48. The van der Waals surface area contributed by atoms with E-state index in [0.29, 0.717) is 0 Å². The van der Waals surface area contributed by atoms with Gasteiger partial charge in [0, 0.05) is 38.2 Å². The van der Waals surface area contributed by atoms with Gasteiger partial charge in [0.15, 0.2) is 0 Å². The molecule has 6 aromatic carbocycles. The summed E-state index contributed by atoms with van der Waals surface area (Å²) in [6.07, 6.45) is -0.437. The SMILES string of the molecule is c1ccc(C2=NC(c3ccccc3)NC(c3ccc(-c4ccc5oc6ccccc6c5c4)c4oc5ccccc5c34)N2)cc1. The molecule has 44 heavy (non-hydrogen) atoms. The van der Waals surface area contributed by atoms with Gasteiger partial charge in [-0.1, -0.05) is 115 Å². The van der Waals surface area contributed by atoms with Crippen LogP contribution in [0.5, 0.6) is 0 Å². The fraction of sp³-hybridized carbons (Fsp3) is 0.0513. The van der Waals surface area contributed by atoms with Crippen molar-refractivity contribution in [2.24, 2.45) is 4.99 Å². The molecule has 8 aromatic rings. The molecule has 5 heteroatoms. The maximum atomic E-state index is 6.66. The van der Waals surface area contributed by atoms with Gasteiger partial charge in [-0.25, -0.2) is 4.99 Å². The Balaban J connectivity index is 1.23. The summed E-state index contributed by atoms with van der Waals surface area (Å²) in [5.41, 5.74) is 8.87. The molecule has 0 saturated heterocycles. The first-order valence-electron chi connectivity index (χ1n) is 14.9. The number of nitrogens with zero attached hydrogens (tertiary/aromatic N) is 1. The normalized spacial score (nSPS) is 16.9. The highest BCUT2D eigenvalue weighted by Gasteiger charge is 2.28. The Hall–Kier alpha value is -5.65. The first-order valence-corrected chi connectivity index (χ1v) is 14.9. The van der Waals surface area contributed by atoms with Gasteiger partial charge in [-0.2, -0.15) is 0 Å². The lowest BCUT2D eigenvalue weighted by Gasteiger charge is -2.32. The second-order valence-electron chi connectivity index (χ2n) is 11.2. The zero-order valence-electron chi connectivity index (χ0n) is 23.7. The Morgan fingerprint density at radius 2 is 1.23 bits per heavy atom. The van der Waals surface area contributed by atoms with Crippen LogP contribution >= 0.6 is 0 Å². The number of furan rings is 2. The van der Waals surface area contributed by atoms with E-state index >= 15 is 0 Å². The summed E-state index contributed by atoms with van der Waals surface area (Å²) in [6, 6.07) is 48.0. The van der Waals surface area contributed by atoms with Crippen molar-refractivity contribution in [1.82, 2.24) is 10.6 Å². The predicted octanol–water partition coefficient (Wildman–Crippen LogP) is 9.49. The largest absolute Gasteiger partial charge is 0.456 e. The maximum absolute atomic E-state index is 6.66. The van der Waals surface area contributed by atoms with E-state index in [1.54, 1.807) is 0 Å². The van der Waals surface area contributed by atoms with Gasteiger partial charge >= 0.3 is 0 Å². The molecular formula is C39H27N3O2. The molecule has 0 spiro atoms. The third-order valence-electron chi connectivity index (χ3n) is 8.58. The molecule has 0 fully saturated rings. The van der Waals surface area contributed by atoms with E-state index in [1.807, 2.05) is 48.5 Å². The molecule has 1 aliphatic rings. The molecule has 2 aromatic heterocycles. The predicted molar refractivity (Wildman–Crippen MR) is 178 cm³/mol. The Labute approximate surface area is 253 Å². The molecule has 0 radical (unpaired) electrons. The molecule has 0 amide bonds. The monoisotopic (exact) mass is 569 g/mol. The molecule has 1 aliphatic heterocycles. The molecular weight excluding hydrogens is 542 g/mol. The molecule has 0 saturated carbocycles. The van der Waals surface area contributed by atoms with Crippen LogP contribution in [0.1, 0.15) is 29.0 Å². The Bertz CT molecular complexity index is 2350. The maximum Gasteiger partial charge on any atom is 0.143 e. The highest BCUT2D eigenvalue weighted by Crippen LogP contribution is 2.42. The number of fused-ring (bicyclic) bond motifs is 6. The topological polar surface area (TPSA) is 62.7 Å². The van der Waals surface area contributed by atoms with Crippen molar-refractivity contribution in [1.29, 1.82) is 0 Å². The summed E-state index contributed by atoms with van der Waals surface area (Å²) < 4.78 is 12.8. The number of aliphatic imine (C=N–C) groups is 1. The van der Waals surface area contributed by atoms with Crippen LogP contribution in [0.2, 0.25) is 0 Å². The summed E-state index contributed by atoms with van der Waals surface area (Å²) in [5.74, 6) is 0.852. The molecule has 2 unspecified atom stereocenters. The molecule has 210 valence electrons. The van der Waals surface area contributed by atoms with Crippen molar-refractivity contribution in [3.63, 3.8) is 0 Å². The van der Waals surface area contributed by atoms with Crippen LogP contribution in [-0.2, 0) is 0 Å². The summed E-state index contributed by atoms with van der Waals surface area (Å²) in [4.78, 5) is 5.10. The molecule has 2 N–H and O–H groups in total. The number of benzene rings is 6. The smallest absolute Gasteiger partial charge is 0.143 e. The summed E-state index contributed by atoms with van der Waals surface area (Å²) >= 11 is 0. The van der Waals surface area contributed by atoms with Crippen LogP contribution in [0.15, 0.2) is 153 Å². The average Bonchev–Trinajstić information content (AvgIpc) is 3.67. The molecule has 3 heterocycles. The minimum absolute atomic E-state index is 0.217. The first kappa shape index (κ1) is 24.9. The van der Waals surface area contributed by atoms with Crippen LogP contribution in [-0.4, -0.2) is 5.84 Å². The van der Waals surface area contributed by atoms with Crippen molar-refractivity contribution in [3.8, 4) is 11.1 Å². The van der Waals surface area contributed by atoms with Crippen molar-refractivity contribution in [3.05, 3.63) is 156 Å². The van der Waals surface area contributed by atoms with Gasteiger partial charge in [-0.3, -0.25) is 5.32 Å². The summed E-state index contributed by atoms with van der Waals surface area (Å²) in [7, 11) is 0. The first-order chi connectivity index (χ1) is 21.8. The number of hydrogen-bond donors (Lipinski definition) is 2. The zero-order valence-corrected chi connectivity index (χ0v) is 23.7. The standard InChI is InChI=1S/C39H27N3O2/c1-3-11-24(12-4-1)37-40-38(25-13-5-2-6-14-25)42-39(41-37)30-21-20-27(36-35(30)29-16-8-10-18-33(29)44-36)26-19-22-34-31(23-26)28-15-7-9-17-32(28)43-34/h1-23,37,39,41H,(H,40,42). The molecule has 2 atom stereocenters. The number of rotatable bonds is 4. The van der Waals surface area contributed by atoms with Gasteiger partial charge in [-0.05, 0) is 35.4 Å². The number of nitrogens with one attached hydrogen (secondary N) is 2. The van der Waals surface area contributed by atoms with E-state index in [2.05, 4.69) is 102 Å². The van der Waals surface area contributed by atoms with E-state index in [1.165, 1.54) is 0 Å².